The van der Waals surface area contributed by atoms with Crippen molar-refractivity contribution < 1.29 is 171 Å². The lowest BCUT2D eigenvalue weighted by atomic mass is 9.96. The first-order valence-corrected chi connectivity index (χ1v) is 36.0. The van der Waals surface area contributed by atoms with E-state index in [0.717, 1.165) is 120 Å². The predicted molar refractivity (Wildman–Crippen MR) is 373 cm³/mol. The number of esters is 14. The lowest BCUT2D eigenvalue weighted by Gasteiger charge is -2.48. The highest BCUT2D eigenvalue weighted by molar-refractivity contribution is 8.00. The summed E-state index contributed by atoms with van der Waals surface area (Å²) >= 11 is 1.86. The second kappa shape index (κ2) is 41.2. The van der Waals surface area contributed by atoms with Crippen LogP contribution in [0.15, 0.2) is 82.6 Å². The first-order valence-electron chi connectivity index (χ1n) is 34.3. The zero-order chi connectivity index (χ0) is 82.5. The fourth-order valence-electron chi connectivity index (χ4n) is 11.8. The smallest absolute Gasteiger partial charge is 0.303 e. The molecule has 40 heteroatoms. The van der Waals surface area contributed by atoms with Crippen molar-refractivity contribution in [2.75, 3.05) is 37.1 Å². The van der Waals surface area contributed by atoms with Crippen LogP contribution in [0, 0.1) is 0 Å². The Kier molecular flexibility index (Phi) is 32.7. The summed E-state index contributed by atoms with van der Waals surface area (Å²) in [5.74, 6) is -13.8. The molecule has 0 spiro atoms. The topological polar surface area (TPSA) is 482 Å². The number of benzene rings is 3. The maximum absolute atomic E-state index is 13.7. The van der Waals surface area contributed by atoms with Crippen molar-refractivity contribution in [3.05, 3.63) is 83.9 Å². The van der Waals surface area contributed by atoms with E-state index in [-0.39, 0.29) is 22.5 Å². The van der Waals surface area contributed by atoms with Crippen LogP contribution in [-0.2, 0) is 162 Å². The second-order valence-electron chi connectivity index (χ2n) is 25.1. The average Bonchev–Trinajstić information content (AvgIpc) is 0.769. The zero-order valence-electron chi connectivity index (χ0n) is 62.8. The maximum Gasteiger partial charge on any atom is 0.303 e. The van der Waals surface area contributed by atoms with Gasteiger partial charge >= 0.3 is 83.6 Å². The summed E-state index contributed by atoms with van der Waals surface area (Å²) in [4.78, 5) is 205. The number of hydrogen-bond donors (Lipinski definition) is 2. The van der Waals surface area contributed by atoms with E-state index in [9.17, 15) is 76.7 Å². The summed E-state index contributed by atoms with van der Waals surface area (Å²) in [6.45, 7) is 12.0. The van der Waals surface area contributed by atoms with E-state index in [2.05, 4.69) is 10.6 Å². The summed E-state index contributed by atoms with van der Waals surface area (Å²) in [7, 11) is 0. The van der Waals surface area contributed by atoms with Gasteiger partial charge in [0.15, 0.2) is 73.6 Å². The molecule has 112 heavy (non-hydrogen) atoms. The molecule has 3 aromatic carbocycles. The number of ether oxygens (including phenoxy) is 20. The van der Waals surface area contributed by atoms with Crippen molar-refractivity contribution in [3.63, 3.8) is 0 Å². The Bertz CT molecular complexity index is 3680. The lowest BCUT2D eigenvalue weighted by Crippen LogP contribution is -2.66. The van der Waals surface area contributed by atoms with Gasteiger partial charge in [0, 0.05) is 129 Å². The molecule has 2 N–H and O–H groups in total. The SMILES string of the molecule is CC(=O)OC[C@H]1O[C@@H](Sc2ccc(NC(=O)c3ccc(C(=O)Nc4ccc(S[C@@H]5O[C@H](COC(C)=O)[C@@H](O[C@H]6O[C@H](COC(C)=O)[C@@H](OC(C)=O)[C@H](OC(C)=O)[C@H]6OC(C)=O)[C@H](OC(C)=O)[C@H]5OC(C)=O)cc4)cc3)cc2)[C@H](OC(C)=O)[C@@H](OC(C)=O)[C@@H]1O[C@H]1O[C@H](COC(C)=O)[C@@H](OC(C)=O)[C@H](OC(C)=O)[C@H]1OC(C)=O. The predicted octanol–water partition coefficient (Wildman–Crippen LogP) is 3.61. The Morgan fingerprint density at radius 1 is 0.268 bits per heavy atom. The van der Waals surface area contributed by atoms with Gasteiger partial charge < -0.3 is 105 Å². The number of amides is 2. The first-order chi connectivity index (χ1) is 52.8. The van der Waals surface area contributed by atoms with Gasteiger partial charge in [-0.2, -0.15) is 0 Å². The van der Waals surface area contributed by atoms with E-state index in [4.69, 9.17) is 94.7 Å². The van der Waals surface area contributed by atoms with E-state index in [1.807, 2.05) is 0 Å². The van der Waals surface area contributed by atoms with Crippen LogP contribution in [0.5, 0.6) is 0 Å². The number of thioether (sulfide) groups is 2. The highest BCUT2D eigenvalue weighted by Crippen LogP contribution is 2.43. The average molecular weight is 1620 g/mol. The third-order valence-electron chi connectivity index (χ3n) is 15.9. The van der Waals surface area contributed by atoms with Gasteiger partial charge in [-0.05, 0) is 72.8 Å². The van der Waals surface area contributed by atoms with Crippen LogP contribution in [0.1, 0.15) is 118 Å². The molecule has 20 atom stereocenters. The van der Waals surface area contributed by atoms with Crippen molar-refractivity contribution in [2.45, 2.75) is 228 Å². The number of hydrogen-bond acceptors (Lipinski definition) is 38. The number of rotatable bonds is 30. The van der Waals surface area contributed by atoms with Gasteiger partial charge in [-0.3, -0.25) is 76.7 Å². The number of carbonyl (C=O) groups is 16. The largest absolute Gasteiger partial charge is 0.463 e. The molecule has 4 aliphatic heterocycles. The molecule has 0 bridgehead atoms. The standard InChI is InChI=1S/C72H84N2O36S2/c1-31(75)91-27-51-55(95-35(5)79)59(97-37(7)81)63(101-41(11)85)69(105-51)109-57-53(29-93-33(3)77)107-71(65(103-43(13)87)61(57)99-39(9)83)111-49-23-19-47(20-24-49)73-67(89)45-15-17-46(18-16-45)68(90)74-48-21-25-50(26-22-48)112-72-66(104-44(14)88)62(100-40(10)84)58(54(108-72)30-94-34(4)78)110-70-64(102-42(12)86)60(98-38(8)82)56(96-36(6)80)52(106-70)28-92-32(2)76/h15-26,51-66,69-72H,27-30H2,1-14H3,(H,73,89)(H,74,90)/t51-,52-,53-,54-,55-,56-,57-,58-,59+,60+,61+,62+,63-,64-,65-,66-,69-,70-,71+,72+/m1/s1. The molecule has 2 amide bonds. The Labute approximate surface area is 647 Å². The van der Waals surface area contributed by atoms with Gasteiger partial charge in [-0.25, -0.2) is 0 Å². The van der Waals surface area contributed by atoms with Gasteiger partial charge in [0.25, 0.3) is 11.8 Å². The molecule has 610 valence electrons. The first kappa shape index (κ1) is 88.9. The summed E-state index contributed by atoms with van der Waals surface area (Å²) in [6.07, 6.45) is -29.8. The van der Waals surface area contributed by atoms with Crippen molar-refractivity contribution in [1.29, 1.82) is 0 Å². The van der Waals surface area contributed by atoms with E-state index in [1.165, 1.54) is 48.5 Å². The molecule has 7 rings (SSSR count). The molecule has 0 saturated carbocycles. The summed E-state index contributed by atoms with van der Waals surface area (Å²) in [5, 5.41) is 5.52. The van der Waals surface area contributed by atoms with Crippen LogP contribution >= 0.6 is 23.5 Å². The summed E-state index contributed by atoms with van der Waals surface area (Å²) in [5.41, 5.74) is -1.87. The van der Waals surface area contributed by atoms with E-state index < -0.39 is 243 Å². The zero-order valence-corrected chi connectivity index (χ0v) is 64.5. The Morgan fingerprint density at radius 2 is 0.491 bits per heavy atom. The molecule has 4 heterocycles. The van der Waals surface area contributed by atoms with Gasteiger partial charge in [0.2, 0.25) is 0 Å². The molecule has 4 aliphatic rings. The number of nitrogens with one attached hydrogen (secondary N) is 2. The molecular weight excluding hydrogens is 1530 g/mol. The minimum Gasteiger partial charge on any atom is -0.463 e. The normalized spacial score (nSPS) is 27.2. The molecule has 0 aromatic heterocycles. The molecule has 0 unspecified atom stereocenters. The fraction of sp³-hybridized carbons (Fsp3) is 0.528. The van der Waals surface area contributed by atoms with Gasteiger partial charge in [0.05, 0.1) is 0 Å². The van der Waals surface area contributed by atoms with Gasteiger partial charge in [-0.1, -0.05) is 23.5 Å². The highest BCUT2D eigenvalue weighted by atomic mass is 32.2. The minimum atomic E-state index is -1.90. The van der Waals surface area contributed by atoms with E-state index in [1.54, 1.807) is 24.3 Å². The molecule has 0 radical (unpaired) electrons. The molecule has 4 fully saturated rings. The quantitative estimate of drug-likeness (QED) is 0.0711. The van der Waals surface area contributed by atoms with Crippen molar-refractivity contribution >= 4 is 130 Å². The Hall–Kier alpha value is -10.4. The summed E-state index contributed by atoms with van der Waals surface area (Å²) in [6, 6.07) is 17.8. The van der Waals surface area contributed by atoms with Crippen LogP contribution in [0.3, 0.4) is 0 Å². The fourth-order valence-corrected chi connectivity index (χ4v) is 14.0. The summed E-state index contributed by atoms with van der Waals surface area (Å²) < 4.78 is 116. The van der Waals surface area contributed by atoms with Crippen molar-refractivity contribution in [2.24, 2.45) is 0 Å². The van der Waals surface area contributed by atoms with Crippen molar-refractivity contribution in [3.8, 4) is 0 Å². The monoisotopic (exact) mass is 1620 g/mol. The van der Waals surface area contributed by atoms with Gasteiger partial charge in [-0.15, -0.1) is 0 Å². The van der Waals surface area contributed by atoms with Crippen LogP contribution in [0.4, 0.5) is 11.4 Å². The molecular formula is C72H84N2O36S2. The second-order valence-corrected chi connectivity index (χ2v) is 27.4. The van der Waals surface area contributed by atoms with E-state index in [0.29, 0.717) is 9.79 Å². The third-order valence-corrected chi connectivity index (χ3v) is 18.2. The Balaban J connectivity index is 1.06. The minimum absolute atomic E-state index is 0.119. The van der Waals surface area contributed by atoms with Gasteiger partial charge in [0.1, 0.15) is 73.9 Å². The van der Waals surface area contributed by atoms with E-state index >= 15 is 0 Å². The van der Waals surface area contributed by atoms with Crippen LogP contribution in [0.25, 0.3) is 0 Å². The van der Waals surface area contributed by atoms with Crippen LogP contribution in [-0.4, -0.2) is 243 Å². The Morgan fingerprint density at radius 3 is 0.741 bits per heavy atom. The van der Waals surface area contributed by atoms with Crippen LogP contribution in [0.2, 0.25) is 0 Å². The molecule has 4 saturated heterocycles. The number of anilines is 2. The lowest BCUT2D eigenvalue weighted by molar-refractivity contribution is -0.341. The third kappa shape index (κ3) is 26.4. The molecule has 0 aliphatic carbocycles. The van der Waals surface area contributed by atoms with Crippen molar-refractivity contribution in [1.82, 2.24) is 0 Å². The highest BCUT2D eigenvalue weighted by Gasteiger charge is 2.60. The van der Waals surface area contributed by atoms with Crippen LogP contribution < -0.4 is 10.6 Å². The molecule has 3 aromatic rings. The maximum atomic E-state index is 13.7. The molecule has 38 nitrogen and oxygen atoms in total. The number of carbonyl (C=O) groups excluding carboxylic acids is 16.